The Bertz CT molecular complexity index is 296. The van der Waals surface area contributed by atoms with Gasteiger partial charge in [-0.25, -0.2) is 4.39 Å². The highest BCUT2D eigenvalue weighted by Gasteiger charge is 1.93. The summed E-state index contributed by atoms with van der Waals surface area (Å²) in [6.07, 6.45) is 3.04. The average Bonchev–Trinajstić information content (AvgIpc) is 2.09. The van der Waals surface area contributed by atoms with Crippen LogP contribution in [0.4, 0.5) is 4.39 Å². The summed E-state index contributed by atoms with van der Waals surface area (Å²) in [6.45, 7) is 8.87. The van der Waals surface area contributed by atoms with Gasteiger partial charge in [0.2, 0.25) is 0 Å². The standard InChI is InChI=1S/C11H16FNS/c1-8(2)14-7-11(13)9(3)5-6-10(4)12/h5-7H,1,13H2,2-4H3/b9-5+,10-6+,11-7-. The van der Waals surface area contributed by atoms with Crippen LogP contribution in [0.2, 0.25) is 0 Å². The molecule has 0 aromatic carbocycles. The third-order valence-corrected chi connectivity index (χ3v) is 2.18. The highest BCUT2D eigenvalue weighted by molar-refractivity contribution is 8.05. The van der Waals surface area contributed by atoms with Gasteiger partial charge in [-0.1, -0.05) is 12.7 Å². The Morgan fingerprint density at radius 2 is 1.86 bits per heavy atom. The normalized spacial score (nSPS) is 14.4. The van der Waals surface area contributed by atoms with Crippen LogP contribution in [0.1, 0.15) is 20.8 Å². The van der Waals surface area contributed by atoms with E-state index in [-0.39, 0.29) is 5.83 Å². The van der Waals surface area contributed by atoms with Gasteiger partial charge >= 0.3 is 0 Å². The minimum absolute atomic E-state index is 0.232. The first-order valence-electron chi connectivity index (χ1n) is 4.22. The lowest BCUT2D eigenvalue weighted by molar-refractivity contribution is 0.640. The van der Waals surface area contributed by atoms with Crippen molar-refractivity contribution in [2.24, 2.45) is 5.73 Å². The zero-order valence-electron chi connectivity index (χ0n) is 8.80. The molecule has 1 nitrogen and oxygen atoms in total. The Morgan fingerprint density at radius 1 is 1.29 bits per heavy atom. The number of hydrogen-bond donors (Lipinski definition) is 1. The quantitative estimate of drug-likeness (QED) is 0.717. The second-order valence-corrected chi connectivity index (χ2v) is 4.16. The SMILES string of the molecule is C=C(C)S/C=C(N)/C(C)=C/C=C(\C)F. The fourth-order valence-corrected chi connectivity index (χ4v) is 1.11. The molecular weight excluding hydrogens is 197 g/mol. The topological polar surface area (TPSA) is 26.0 Å². The van der Waals surface area contributed by atoms with E-state index in [0.29, 0.717) is 5.70 Å². The molecule has 3 heteroatoms. The maximum Gasteiger partial charge on any atom is 0.0968 e. The number of rotatable bonds is 4. The maximum atomic E-state index is 12.4. The molecule has 0 aliphatic carbocycles. The summed E-state index contributed by atoms with van der Waals surface area (Å²) in [6, 6.07) is 0. The fourth-order valence-electron chi connectivity index (χ4n) is 0.593. The molecule has 0 aromatic rings. The number of thioether (sulfide) groups is 1. The minimum Gasteiger partial charge on any atom is -0.398 e. The number of hydrogen-bond acceptors (Lipinski definition) is 2. The molecule has 0 unspecified atom stereocenters. The second kappa shape index (κ2) is 6.49. The van der Waals surface area contributed by atoms with Gasteiger partial charge in [-0.15, -0.1) is 11.8 Å². The van der Waals surface area contributed by atoms with Gasteiger partial charge < -0.3 is 5.73 Å². The third kappa shape index (κ3) is 6.54. The molecule has 78 valence electrons. The zero-order chi connectivity index (χ0) is 11.1. The lowest BCUT2D eigenvalue weighted by Gasteiger charge is -2.00. The first-order chi connectivity index (χ1) is 6.43. The molecule has 0 aliphatic rings. The van der Waals surface area contributed by atoms with Crippen LogP contribution in [0, 0.1) is 0 Å². The van der Waals surface area contributed by atoms with Crippen molar-refractivity contribution in [3.05, 3.63) is 46.1 Å². The minimum atomic E-state index is -0.232. The molecular formula is C11H16FNS. The van der Waals surface area contributed by atoms with Gasteiger partial charge in [0.15, 0.2) is 0 Å². The van der Waals surface area contributed by atoms with Crippen molar-refractivity contribution in [3.63, 3.8) is 0 Å². The van der Waals surface area contributed by atoms with Crippen molar-refractivity contribution >= 4 is 11.8 Å². The molecule has 0 amide bonds. The molecule has 0 saturated carbocycles. The molecule has 0 heterocycles. The van der Waals surface area contributed by atoms with E-state index in [2.05, 4.69) is 6.58 Å². The lowest BCUT2D eigenvalue weighted by atomic mass is 10.2. The van der Waals surface area contributed by atoms with Crippen LogP contribution >= 0.6 is 11.8 Å². The molecule has 14 heavy (non-hydrogen) atoms. The Labute approximate surface area is 89.3 Å². The highest BCUT2D eigenvalue weighted by atomic mass is 32.2. The fraction of sp³-hybridized carbons (Fsp3) is 0.273. The molecule has 0 bridgehead atoms. The Balaban J connectivity index is 4.45. The van der Waals surface area contributed by atoms with E-state index in [1.165, 1.54) is 24.8 Å². The molecule has 0 spiro atoms. The van der Waals surface area contributed by atoms with Crippen LogP contribution in [0.5, 0.6) is 0 Å². The van der Waals surface area contributed by atoms with E-state index < -0.39 is 0 Å². The molecule has 0 aliphatic heterocycles. The van der Waals surface area contributed by atoms with E-state index in [1.54, 1.807) is 11.5 Å². The van der Waals surface area contributed by atoms with E-state index >= 15 is 0 Å². The predicted molar refractivity (Wildman–Crippen MR) is 63.3 cm³/mol. The van der Waals surface area contributed by atoms with Crippen LogP contribution in [0.15, 0.2) is 46.1 Å². The highest BCUT2D eigenvalue weighted by Crippen LogP contribution is 2.17. The van der Waals surface area contributed by atoms with Crippen molar-refractivity contribution in [1.29, 1.82) is 0 Å². The molecule has 0 fully saturated rings. The Morgan fingerprint density at radius 3 is 2.29 bits per heavy atom. The average molecular weight is 213 g/mol. The van der Waals surface area contributed by atoms with Crippen molar-refractivity contribution in [2.75, 3.05) is 0 Å². The van der Waals surface area contributed by atoms with Crippen LogP contribution in [-0.4, -0.2) is 0 Å². The summed E-state index contributed by atoms with van der Waals surface area (Å²) in [5, 5.41) is 1.80. The molecule has 2 N–H and O–H groups in total. The van der Waals surface area contributed by atoms with Crippen LogP contribution in [0.25, 0.3) is 0 Å². The summed E-state index contributed by atoms with van der Waals surface area (Å²) < 4.78 is 12.4. The summed E-state index contributed by atoms with van der Waals surface area (Å²) in [5.74, 6) is -0.232. The number of allylic oxidation sites excluding steroid dienone is 5. The second-order valence-electron chi connectivity index (χ2n) is 3.00. The largest absolute Gasteiger partial charge is 0.398 e. The van der Waals surface area contributed by atoms with E-state index in [0.717, 1.165) is 10.5 Å². The van der Waals surface area contributed by atoms with Gasteiger partial charge in [-0.2, -0.15) is 0 Å². The van der Waals surface area contributed by atoms with Crippen molar-refractivity contribution in [2.45, 2.75) is 20.8 Å². The van der Waals surface area contributed by atoms with Crippen LogP contribution in [0.3, 0.4) is 0 Å². The summed E-state index contributed by atoms with van der Waals surface area (Å²) >= 11 is 1.47. The van der Waals surface area contributed by atoms with Crippen LogP contribution in [-0.2, 0) is 0 Å². The van der Waals surface area contributed by atoms with Gasteiger partial charge in [0.25, 0.3) is 0 Å². The smallest absolute Gasteiger partial charge is 0.0968 e. The van der Waals surface area contributed by atoms with E-state index in [1.807, 2.05) is 13.8 Å². The molecule has 0 rings (SSSR count). The maximum absolute atomic E-state index is 12.4. The summed E-state index contributed by atoms with van der Waals surface area (Å²) in [4.78, 5) is 0.970. The molecule has 0 radical (unpaired) electrons. The molecule has 0 saturated heterocycles. The molecule has 0 atom stereocenters. The van der Waals surface area contributed by atoms with Gasteiger partial charge in [-0.3, -0.25) is 0 Å². The number of nitrogens with two attached hydrogens (primary N) is 1. The van der Waals surface area contributed by atoms with Gasteiger partial charge in [0.05, 0.1) is 5.83 Å². The Hall–Kier alpha value is -0.960. The first kappa shape index (κ1) is 13.0. The van der Waals surface area contributed by atoms with E-state index in [4.69, 9.17) is 5.73 Å². The van der Waals surface area contributed by atoms with E-state index in [9.17, 15) is 4.39 Å². The van der Waals surface area contributed by atoms with Gasteiger partial charge in [0.1, 0.15) is 0 Å². The zero-order valence-corrected chi connectivity index (χ0v) is 9.62. The number of halogens is 1. The van der Waals surface area contributed by atoms with Gasteiger partial charge in [0, 0.05) is 5.70 Å². The molecule has 0 aromatic heterocycles. The monoisotopic (exact) mass is 213 g/mol. The van der Waals surface area contributed by atoms with Crippen molar-refractivity contribution < 1.29 is 4.39 Å². The van der Waals surface area contributed by atoms with Crippen molar-refractivity contribution in [3.8, 4) is 0 Å². The lowest BCUT2D eigenvalue weighted by Crippen LogP contribution is -1.97. The first-order valence-corrected chi connectivity index (χ1v) is 5.10. The summed E-state index contributed by atoms with van der Waals surface area (Å²) in [5.41, 5.74) is 7.21. The predicted octanol–water partition coefficient (Wildman–Crippen LogP) is 3.87. The van der Waals surface area contributed by atoms with Crippen molar-refractivity contribution in [1.82, 2.24) is 0 Å². The van der Waals surface area contributed by atoms with Crippen LogP contribution < -0.4 is 5.73 Å². The third-order valence-electron chi connectivity index (χ3n) is 1.41. The summed E-state index contributed by atoms with van der Waals surface area (Å²) in [7, 11) is 0. The van der Waals surface area contributed by atoms with Gasteiger partial charge in [-0.05, 0) is 42.7 Å². The Kier molecular flexibility index (Phi) is 6.04.